The smallest absolute Gasteiger partial charge is 0.323 e. The third-order valence-corrected chi connectivity index (χ3v) is 3.26. The Morgan fingerprint density at radius 1 is 1.30 bits per heavy atom. The van der Waals surface area contributed by atoms with Crippen LogP contribution in [0.5, 0.6) is 0 Å². The molecular weight excluding hydrogens is 262 g/mol. The Kier molecular flexibility index (Phi) is 6.44. The summed E-state index contributed by atoms with van der Waals surface area (Å²) < 4.78 is 0. The van der Waals surface area contributed by atoms with Crippen molar-refractivity contribution in [3.63, 3.8) is 0 Å². The van der Waals surface area contributed by atoms with Crippen molar-refractivity contribution < 1.29 is 19.5 Å². The van der Waals surface area contributed by atoms with Gasteiger partial charge in [0.15, 0.2) is 0 Å². The van der Waals surface area contributed by atoms with Crippen LogP contribution in [0.1, 0.15) is 19.3 Å². The van der Waals surface area contributed by atoms with Gasteiger partial charge in [-0.2, -0.15) is 0 Å². The number of likely N-dealkylation sites (tertiary alicyclic amines) is 1. The molecule has 0 aromatic rings. The zero-order valence-electron chi connectivity index (χ0n) is 12.2. The molecular formula is C13H23N3O4. The van der Waals surface area contributed by atoms with Crippen molar-refractivity contribution in [1.82, 2.24) is 14.7 Å². The monoisotopic (exact) mass is 285 g/mol. The average molecular weight is 285 g/mol. The molecule has 0 aliphatic carbocycles. The Labute approximate surface area is 119 Å². The predicted octanol–water partition coefficient (Wildman–Crippen LogP) is -0.526. The molecule has 0 saturated carbocycles. The number of aliphatic carboxylic acids is 1. The van der Waals surface area contributed by atoms with E-state index in [0.717, 1.165) is 6.42 Å². The molecule has 0 spiro atoms. The summed E-state index contributed by atoms with van der Waals surface area (Å²) in [5, 5.41) is 8.85. The number of hydrogen-bond donors (Lipinski definition) is 1. The van der Waals surface area contributed by atoms with Crippen molar-refractivity contribution in [3.05, 3.63) is 0 Å². The summed E-state index contributed by atoms with van der Waals surface area (Å²) in [6.45, 7) is 1.78. The summed E-state index contributed by atoms with van der Waals surface area (Å²) in [7, 11) is 3.73. The third kappa shape index (κ3) is 5.56. The summed E-state index contributed by atoms with van der Waals surface area (Å²) in [6.07, 6.45) is 1.58. The van der Waals surface area contributed by atoms with E-state index in [1.54, 1.807) is 4.90 Å². The van der Waals surface area contributed by atoms with E-state index in [0.29, 0.717) is 32.6 Å². The first-order valence-corrected chi connectivity index (χ1v) is 6.82. The maximum Gasteiger partial charge on any atom is 0.323 e. The maximum absolute atomic E-state index is 12.1. The largest absolute Gasteiger partial charge is 0.480 e. The fraction of sp³-hybridized carbons (Fsp3) is 0.769. The van der Waals surface area contributed by atoms with Gasteiger partial charge in [0.25, 0.3) is 0 Å². The van der Waals surface area contributed by atoms with E-state index in [1.165, 1.54) is 4.90 Å². The van der Waals surface area contributed by atoms with Crippen LogP contribution in [0.2, 0.25) is 0 Å². The minimum absolute atomic E-state index is 0.0795. The summed E-state index contributed by atoms with van der Waals surface area (Å²) in [5.41, 5.74) is 0. The molecule has 1 heterocycles. The van der Waals surface area contributed by atoms with Crippen LogP contribution < -0.4 is 0 Å². The minimum Gasteiger partial charge on any atom is -0.480 e. The Hall–Kier alpha value is -1.63. The number of likely N-dealkylation sites (N-methyl/N-ethyl adjacent to an activating group) is 1. The fourth-order valence-electron chi connectivity index (χ4n) is 2.11. The predicted molar refractivity (Wildman–Crippen MR) is 73.2 cm³/mol. The molecule has 0 aromatic heterocycles. The van der Waals surface area contributed by atoms with Crippen LogP contribution in [-0.2, 0) is 14.4 Å². The molecule has 0 radical (unpaired) electrons. The van der Waals surface area contributed by atoms with Crippen LogP contribution in [-0.4, -0.2) is 84.4 Å². The van der Waals surface area contributed by atoms with Crippen molar-refractivity contribution in [2.45, 2.75) is 19.3 Å². The van der Waals surface area contributed by atoms with Gasteiger partial charge in [-0.15, -0.1) is 0 Å². The lowest BCUT2D eigenvalue weighted by Gasteiger charge is -2.24. The van der Waals surface area contributed by atoms with E-state index in [2.05, 4.69) is 0 Å². The van der Waals surface area contributed by atoms with Gasteiger partial charge < -0.3 is 19.8 Å². The molecule has 1 N–H and O–H groups in total. The SMILES string of the molecule is CN(C)CCN(CC(=O)O)C(=O)CCN1CCCC1=O. The van der Waals surface area contributed by atoms with Gasteiger partial charge in [0.2, 0.25) is 11.8 Å². The maximum atomic E-state index is 12.1. The molecule has 7 nitrogen and oxygen atoms in total. The Balaban J connectivity index is 2.44. The van der Waals surface area contributed by atoms with Crippen molar-refractivity contribution in [3.8, 4) is 0 Å². The molecule has 0 aromatic carbocycles. The molecule has 7 heteroatoms. The highest BCUT2D eigenvalue weighted by atomic mass is 16.4. The van der Waals surface area contributed by atoms with Gasteiger partial charge in [0.05, 0.1) is 0 Å². The van der Waals surface area contributed by atoms with E-state index in [4.69, 9.17) is 5.11 Å². The van der Waals surface area contributed by atoms with Crippen molar-refractivity contribution >= 4 is 17.8 Å². The molecule has 1 aliphatic rings. The number of carboxylic acid groups (broad SMARTS) is 1. The summed E-state index contributed by atoms with van der Waals surface area (Å²) >= 11 is 0. The third-order valence-electron chi connectivity index (χ3n) is 3.26. The number of carbonyl (C=O) groups is 3. The molecule has 1 aliphatic heterocycles. The summed E-state index contributed by atoms with van der Waals surface area (Å²) in [4.78, 5) is 39.2. The van der Waals surface area contributed by atoms with E-state index in [-0.39, 0.29) is 24.8 Å². The molecule has 0 unspecified atom stereocenters. The van der Waals surface area contributed by atoms with E-state index in [9.17, 15) is 14.4 Å². The summed E-state index contributed by atoms with van der Waals surface area (Å²) in [5.74, 6) is -1.15. The normalized spacial score (nSPS) is 14.9. The van der Waals surface area contributed by atoms with Crippen LogP contribution in [0, 0.1) is 0 Å². The number of nitrogens with zero attached hydrogens (tertiary/aromatic N) is 3. The van der Waals surface area contributed by atoms with Crippen LogP contribution in [0.25, 0.3) is 0 Å². The lowest BCUT2D eigenvalue weighted by molar-refractivity contribution is -0.145. The zero-order chi connectivity index (χ0) is 15.1. The number of hydrogen-bond acceptors (Lipinski definition) is 4. The first-order chi connectivity index (χ1) is 9.40. The van der Waals surface area contributed by atoms with Crippen molar-refractivity contribution in [2.75, 3.05) is 46.8 Å². The standard InChI is InChI=1S/C13H23N3O4/c1-14(2)8-9-16(10-13(19)20)12(18)5-7-15-6-3-4-11(15)17/h3-10H2,1-2H3,(H,19,20). The average Bonchev–Trinajstić information content (AvgIpc) is 2.76. The van der Waals surface area contributed by atoms with Crippen LogP contribution in [0.4, 0.5) is 0 Å². The molecule has 114 valence electrons. The molecule has 0 bridgehead atoms. The first kappa shape index (κ1) is 16.4. The van der Waals surface area contributed by atoms with Gasteiger partial charge in [-0.1, -0.05) is 0 Å². The lowest BCUT2D eigenvalue weighted by atomic mass is 10.3. The highest BCUT2D eigenvalue weighted by Crippen LogP contribution is 2.10. The van der Waals surface area contributed by atoms with Crippen molar-refractivity contribution in [2.24, 2.45) is 0 Å². The minimum atomic E-state index is -1.02. The molecule has 1 rings (SSSR count). The van der Waals surface area contributed by atoms with E-state index >= 15 is 0 Å². The fourth-order valence-corrected chi connectivity index (χ4v) is 2.11. The highest BCUT2D eigenvalue weighted by molar-refractivity contribution is 5.82. The Morgan fingerprint density at radius 2 is 2.00 bits per heavy atom. The number of amides is 2. The Morgan fingerprint density at radius 3 is 2.50 bits per heavy atom. The van der Waals surface area contributed by atoms with Gasteiger partial charge >= 0.3 is 5.97 Å². The number of carbonyl (C=O) groups excluding carboxylic acids is 2. The lowest BCUT2D eigenvalue weighted by Crippen LogP contribution is -2.41. The molecule has 2 amide bonds. The molecule has 1 saturated heterocycles. The molecule has 1 fully saturated rings. The molecule has 0 atom stereocenters. The first-order valence-electron chi connectivity index (χ1n) is 6.82. The van der Waals surface area contributed by atoms with Gasteiger partial charge in [-0.3, -0.25) is 14.4 Å². The quantitative estimate of drug-likeness (QED) is 0.648. The van der Waals surface area contributed by atoms with Gasteiger partial charge in [0.1, 0.15) is 6.54 Å². The second kappa shape index (κ2) is 7.84. The molecule has 20 heavy (non-hydrogen) atoms. The van der Waals surface area contributed by atoms with E-state index in [1.807, 2.05) is 19.0 Å². The van der Waals surface area contributed by atoms with Crippen LogP contribution >= 0.6 is 0 Å². The van der Waals surface area contributed by atoms with E-state index < -0.39 is 5.97 Å². The number of rotatable bonds is 8. The van der Waals surface area contributed by atoms with Crippen LogP contribution in [0.15, 0.2) is 0 Å². The highest BCUT2D eigenvalue weighted by Gasteiger charge is 2.22. The topological polar surface area (TPSA) is 81.2 Å². The van der Waals surface area contributed by atoms with Gasteiger partial charge in [-0.25, -0.2) is 0 Å². The zero-order valence-corrected chi connectivity index (χ0v) is 12.2. The van der Waals surface area contributed by atoms with Gasteiger partial charge in [-0.05, 0) is 20.5 Å². The summed E-state index contributed by atoms with van der Waals surface area (Å²) in [6, 6.07) is 0. The second-order valence-electron chi connectivity index (χ2n) is 5.25. The Bertz CT molecular complexity index is 371. The van der Waals surface area contributed by atoms with Crippen LogP contribution in [0.3, 0.4) is 0 Å². The number of carboxylic acids is 1. The van der Waals surface area contributed by atoms with Crippen molar-refractivity contribution in [1.29, 1.82) is 0 Å². The van der Waals surface area contributed by atoms with Gasteiger partial charge in [0, 0.05) is 39.0 Å². The second-order valence-corrected chi connectivity index (χ2v) is 5.25.